The van der Waals surface area contributed by atoms with Crippen molar-refractivity contribution >= 4 is 17.5 Å². The van der Waals surface area contributed by atoms with E-state index in [1.807, 2.05) is 13.8 Å². The number of nitrogen functional groups attached to an aromatic ring is 1. The van der Waals surface area contributed by atoms with Crippen LogP contribution in [0.5, 0.6) is 0 Å². The molecule has 1 aliphatic rings. The Morgan fingerprint density at radius 1 is 1.38 bits per heavy atom. The van der Waals surface area contributed by atoms with Crippen LogP contribution in [-0.2, 0) is 4.79 Å². The van der Waals surface area contributed by atoms with E-state index in [-0.39, 0.29) is 29.5 Å². The van der Waals surface area contributed by atoms with Gasteiger partial charge in [-0.3, -0.25) is 14.7 Å². The molecule has 2 heterocycles. The molecule has 116 valence electrons. The fraction of sp³-hybridized carbons (Fsp3) is 0.643. The molecule has 0 radical (unpaired) electrons. The highest BCUT2D eigenvalue weighted by Gasteiger charge is 2.27. The normalized spacial score (nSPS) is 16.3. The van der Waals surface area contributed by atoms with Crippen LogP contribution >= 0.6 is 0 Å². The van der Waals surface area contributed by atoms with Crippen molar-refractivity contribution in [3.8, 4) is 0 Å². The van der Waals surface area contributed by atoms with E-state index in [0.29, 0.717) is 24.5 Å². The van der Waals surface area contributed by atoms with Gasteiger partial charge in [0.25, 0.3) is 5.91 Å². The SMILES string of the molecule is Cc1[nH]nc(C(=O)N2CCC(NC(=O)C(C)C)CC2)c1N. The van der Waals surface area contributed by atoms with Gasteiger partial charge < -0.3 is 16.0 Å². The minimum absolute atomic E-state index is 0.0171. The zero-order valence-corrected chi connectivity index (χ0v) is 12.8. The molecular formula is C14H23N5O2. The van der Waals surface area contributed by atoms with Gasteiger partial charge in [-0.25, -0.2) is 0 Å². The number of aryl methyl sites for hydroxylation is 1. The number of nitrogens with one attached hydrogen (secondary N) is 2. The third-order valence-corrected chi connectivity index (χ3v) is 3.85. The van der Waals surface area contributed by atoms with Crippen molar-refractivity contribution < 1.29 is 9.59 Å². The van der Waals surface area contributed by atoms with Crippen molar-refractivity contribution in [1.82, 2.24) is 20.4 Å². The molecule has 0 aromatic carbocycles. The monoisotopic (exact) mass is 293 g/mol. The van der Waals surface area contributed by atoms with Crippen LogP contribution in [0.3, 0.4) is 0 Å². The van der Waals surface area contributed by atoms with E-state index in [0.717, 1.165) is 12.8 Å². The molecule has 0 bridgehead atoms. The zero-order chi connectivity index (χ0) is 15.6. The Kier molecular flexibility index (Phi) is 4.50. The van der Waals surface area contributed by atoms with Crippen LogP contribution in [0.4, 0.5) is 5.69 Å². The number of aromatic amines is 1. The van der Waals surface area contributed by atoms with Crippen molar-refractivity contribution in [1.29, 1.82) is 0 Å². The van der Waals surface area contributed by atoms with E-state index in [1.165, 1.54) is 0 Å². The standard InChI is InChI=1S/C14H23N5O2/c1-8(2)13(20)16-10-4-6-19(7-5-10)14(21)12-11(15)9(3)17-18-12/h8,10H,4-7,15H2,1-3H3,(H,16,20)(H,17,18). The topological polar surface area (TPSA) is 104 Å². The summed E-state index contributed by atoms with van der Waals surface area (Å²) < 4.78 is 0. The minimum atomic E-state index is -0.148. The van der Waals surface area contributed by atoms with Crippen LogP contribution in [0, 0.1) is 12.8 Å². The van der Waals surface area contributed by atoms with E-state index < -0.39 is 0 Å². The first-order valence-electron chi connectivity index (χ1n) is 7.30. The molecule has 2 rings (SSSR count). The van der Waals surface area contributed by atoms with Gasteiger partial charge in [0.2, 0.25) is 5.91 Å². The molecule has 0 unspecified atom stereocenters. The van der Waals surface area contributed by atoms with E-state index in [4.69, 9.17) is 5.73 Å². The highest BCUT2D eigenvalue weighted by molar-refractivity contribution is 5.97. The Hall–Kier alpha value is -2.05. The third kappa shape index (κ3) is 3.34. The molecule has 7 heteroatoms. The molecule has 4 N–H and O–H groups in total. The van der Waals surface area contributed by atoms with E-state index in [9.17, 15) is 9.59 Å². The quantitative estimate of drug-likeness (QED) is 0.762. The molecule has 7 nitrogen and oxygen atoms in total. The molecule has 0 saturated carbocycles. The second-order valence-corrected chi connectivity index (χ2v) is 5.84. The summed E-state index contributed by atoms with van der Waals surface area (Å²) >= 11 is 0. The Morgan fingerprint density at radius 2 is 2.00 bits per heavy atom. The van der Waals surface area contributed by atoms with Gasteiger partial charge in [-0.15, -0.1) is 0 Å². The van der Waals surface area contributed by atoms with Crippen LogP contribution in [0.2, 0.25) is 0 Å². The maximum atomic E-state index is 12.3. The van der Waals surface area contributed by atoms with Gasteiger partial charge in [0.1, 0.15) is 0 Å². The lowest BCUT2D eigenvalue weighted by Crippen LogP contribution is -2.47. The molecule has 1 aromatic heterocycles. The molecule has 1 fully saturated rings. The molecule has 0 atom stereocenters. The van der Waals surface area contributed by atoms with Gasteiger partial charge in [-0.1, -0.05) is 13.8 Å². The first-order valence-corrected chi connectivity index (χ1v) is 7.30. The van der Waals surface area contributed by atoms with Gasteiger partial charge in [-0.05, 0) is 19.8 Å². The maximum absolute atomic E-state index is 12.3. The summed E-state index contributed by atoms with van der Waals surface area (Å²) in [5.74, 6) is -0.103. The Morgan fingerprint density at radius 3 is 2.48 bits per heavy atom. The second-order valence-electron chi connectivity index (χ2n) is 5.84. The van der Waals surface area contributed by atoms with E-state index in [1.54, 1.807) is 11.8 Å². The highest BCUT2D eigenvalue weighted by atomic mass is 16.2. The average molecular weight is 293 g/mol. The molecule has 0 aliphatic carbocycles. The molecule has 1 saturated heterocycles. The van der Waals surface area contributed by atoms with Crippen LogP contribution in [0.15, 0.2) is 0 Å². The van der Waals surface area contributed by atoms with Gasteiger partial charge in [-0.2, -0.15) is 5.10 Å². The molecule has 1 aromatic rings. The predicted octanol–water partition coefficient (Wildman–Crippen LogP) is 0.677. The molecule has 1 aliphatic heterocycles. The van der Waals surface area contributed by atoms with Crippen molar-refractivity contribution in [3.63, 3.8) is 0 Å². The van der Waals surface area contributed by atoms with Crippen LogP contribution in [0.1, 0.15) is 42.9 Å². The lowest BCUT2D eigenvalue weighted by atomic mass is 10.0. The summed E-state index contributed by atoms with van der Waals surface area (Å²) in [6.07, 6.45) is 1.51. The fourth-order valence-electron chi connectivity index (χ4n) is 2.35. The smallest absolute Gasteiger partial charge is 0.276 e. The van der Waals surface area contributed by atoms with Gasteiger partial charge >= 0.3 is 0 Å². The first kappa shape index (κ1) is 15.3. The summed E-state index contributed by atoms with van der Waals surface area (Å²) in [5, 5.41) is 9.70. The first-order chi connectivity index (χ1) is 9.90. The zero-order valence-electron chi connectivity index (χ0n) is 12.8. The largest absolute Gasteiger partial charge is 0.395 e. The number of aromatic nitrogens is 2. The number of rotatable bonds is 3. The van der Waals surface area contributed by atoms with Gasteiger partial charge in [0, 0.05) is 25.0 Å². The second kappa shape index (κ2) is 6.15. The Balaban J connectivity index is 1.91. The van der Waals surface area contributed by atoms with Gasteiger partial charge in [0.05, 0.1) is 11.4 Å². The van der Waals surface area contributed by atoms with Crippen molar-refractivity contribution in [2.24, 2.45) is 5.92 Å². The number of amides is 2. The lowest BCUT2D eigenvalue weighted by molar-refractivity contribution is -0.124. The third-order valence-electron chi connectivity index (χ3n) is 3.85. The number of hydrogen-bond acceptors (Lipinski definition) is 4. The Bertz CT molecular complexity index is 529. The van der Waals surface area contributed by atoms with Gasteiger partial charge in [0.15, 0.2) is 5.69 Å². The highest BCUT2D eigenvalue weighted by Crippen LogP contribution is 2.18. The number of H-pyrrole nitrogens is 1. The number of likely N-dealkylation sites (tertiary alicyclic amines) is 1. The minimum Gasteiger partial charge on any atom is -0.395 e. The molecule has 0 spiro atoms. The number of nitrogens with two attached hydrogens (primary N) is 1. The predicted molar refractivity (Wildman–Crippen MR) is 79.6 cm³/mol. The number of hydrogen-bond donors (Lipinski definition) is 3. The lowest BCUT2D eigenvalue weighted by Gasteiger charge is -2.32. The van der Waals surface area contributed by atoms with Crippen molar-refractivity contribution in [2.75, 3.05) is 18.8 Å². The molecule has 2 amide bonds. The number of piperidine rings is 1. The van der Waals surface area contributed by atoms with E-state index >= 15 is 0 Å². The maximum Gasteiger partial charge on any atom is 0.276 e. The summed E-state index contributed by atoms with van der Waals surface area (Å²) in [5.41, 5.74) is 7.25. The van der Waals surface area contributed by atoms with Crippen LogP contribution in [0.25, 0.3) is 0 Å². The van der Waals surface area contributed by atoms with E-state index in [2.05, 4.69) is 15.5 Å². The average Bonchev–Trinajstić information content (AvgIpc) is 2.79. The van der Waals surface area contributed by atoms with Crippen LogP contribution in [-0.4, -0.2) is 46.0 Å². The fourth-order valence-corrected chi connectivity index (χ4v) is 2.35. The van der Waals surface area contributed by atoms with Crippen LogP contribution < -0.4 is 11.1 Å². The summed E-state index contributed by atoms with van der Waals surface area (Å²) in [4.78, 5) is 25.8. The number of carbonyl (C=O) groups excluding carboxylic acids is 2. The molecule has 21 heavy (non-hydrogen) atoms. The number of carbonyl (C=O) groups is 2. The number of anilines is 1. The summed E-state index contributed by atoms with van der Waals surface area (Å²) in [6.45, 7) is 6.74. The Labute approximate surface area is 124 Å². The van der Waals surface area contributed by atoms with Crippen molar-refractivity contribution in [3.05, 3.63) is 11.4 Å². The summed E-state index contributed by atoms with van der Waals surface area (Å²) in [7, 11) is 0. The van der Waals surface area contributed by atoms with Crippen molar-refractivity contribution in [2.45, 2.75) is 39.7 Å². The summed E-state index contributed by atoms with van der Waals surface area (Å²) in [6, 6.07) is 0.141. The number of nitrogens with zero attached hydrogens (tertiary/aromatic N) is 2. The molecular weight excluding hydrogens is 270 g/mol.